The Morgan fingerprint density at radius 1 is 1.33 bits per heavy atom. The predicted octanol–water partition coefficient (Wildman–Crippen LogP) is 2.23. The third kappa shape index (κ3) is 1.96. The number of carbonyl (C=O) groups is 1. The highest BCUT2D eigenvalue weighted by Gasteiger charge is 2.04. The highest BCUT2D eigenvalue weighted by molar-refractivity contribution is 5.92. The van der Waals surface area contributed by atoms with Crippen LogP contribution in [-0.4, -0.2) is 17.3 Å². The van der Waals surface area contributed by atoms with Crippen LogP contribution in [0.4, 0.5) is 5.82 Å². The normalized spacial score (nSPS) is 12.3. The first-order valence-corrected chi connectivity index (χ1v) is 4.87. The number of benzene rings is 1. The number of hydrogen-bond acceptors (Lipinski definition) is 3. The summed E-state index contributed by atoms with van der Waals surface area (Å²) in [6.45, 7) is 1.80. The standard InChI is InChI=1S/C12H12N2O/c1-9(8-15)14-12-11-5-3-2-4-10(11)6-7-13-12/h2-9H,1H3,(H,13,14)/t9-/m1/s1. The number of rotatable bonds is 3. The summed E-state index contributed by atoms with van der Waals surface area (Å²) in [5, 5.41) is 5.21. The van der Waals surface area contributed by atoms with Crippen molar-refractivity contribution in [2.24, 2.45) is 0 Å². The molecule has 76 valence electrons. The molecule has 0 aliphatic carbocycles. The van der Waals surface area contributed by atoms with Crippen molar-refractivity contribution in [3.05, 3.63) is 36.5 Å². The lowest BCUT2D eigenvalue weighted by molar-refractivity contribution is -0.108. The Morgan fingerprint density at radius 3 is 2.93 bits per heavy atom. The van der Waals surface area contributed by atoms with Crippen molar-refractivity contribution in [2.45, 2.75) is 13.0 Å². The highest BCUT2D eigenvalue weighted by Crippen LogP contribution is 2.20. The third-order valence-electron chi connectivity index (χ3n) is 2.24. The van der Waals surface area contributed by atoms with Gasteiger partial charge in [0, 0.05) is 11.6 Å². The van der Waals surface area contributed by atoms with Gasteiger partial charge in [0.15, 0.2) is 0 Å². The van der Waals surface area contributed by atoms with Crippen LogP contribution >= 0.6 is 0 Å². The molecule has 0 fully saturated rings. The molecule has 0 saturated heterocycles. The summed E-state index contributed by atoms with van der Waals surface area (Å²) in [6.07, 6.45) is 2.60. The van der Waals surface area contributed by atoms with Crippen molar-refractivity contribution in [2.75, 3.05) is 5.32 Å². The molecule has 15 heavy (non-hydrogen) atoms. The maximum absolute atomic E-state index is 10.6. The van der Waals surface area contributed by atoms with Crippen LogP contribution in [0.5, 0.6) is 0 Å². The maximum atomic E-state index is 10.6. The molecular formula is C12H12N2O. The van der Waals surface area contributed by atoms with E-state index in [0.717, 1.165) is 22.9 Å². The van der Waals surface area contributed by atoms with Crippen molar-refractivity contribution in [1.82, 2.24) is 4.98 Å². The van der Waals surface area contributed by atoms with E-state index in [0.29, 0.717) is 0 Å². The van der Waals surface area contributed by atoms with Gasteiger partial charge in [-0.1, -0.05) is 24.3 Å². The van der Waals surface area contributed by atoms with Gasteiger partial charge in [0.2, 0.25) is 0 Å². The van der Waals surface area contributed by atoms with Crippen molar-refractivity contribution in [3.63, 3.8) is 0 Å². The highest BCUT2D eigenvalue weighted by atomic mass is 16.1. The number of hydrogen-bond donors (Lipinski definition) is 1. The van der Waals surface area contributed by atoms with Gasteiger partial charge in [0.1, 0.15) is 12.1 Å². The number of nitrogens with one attached hydrogen (secondary N) is 1. The van der Waals surface area contributed by atoms with E-state index >= 15 is 0 Å². The second-order valence-corrected chi connectivity index (χ2v) is 3.45. The Morgan fingerprint density at radius 2 is 2.13 bits per heavy atom. The van der Waals surface area contributed by atoms with E-state index in [1.54, 1.807) is 13.1 Å². The third-order valence-corrected chi connectivity index (χ3v) is 2.24. The van der Waals surface area contributed by atoms with E-state index in [1.807, 2.05) is 30.3 Å². The lowest BCUT2D eigenvalue weighted by atomic mass is 10.1. The van der Waals surface area contributed by atoms with E-state index in [9.17, 15) is 4.79 Å². The smallest absolute Gasteiger partial charge is 0.141 e. The minimum Gasteiger partial charge on any atom is -0.360 e. The number of aldehydes is 1. The zero-order valence-corrected chi connectivity index (χ0v) is 8.47. The molecule has 0 saturated carbocycles. The van der Waals surface area contributed by atoms with Gasteiger partial charge in [-0.2, -0.15) is 0 Å². The van der Waals surface area contributed by atoms with E-state index in [4.69, 9.17) is 0 Å². The first-order valence-electron chi connectivity index (χ1n) is 4.87. The molecule has 1 aromatic carbocycles. The van der Waals surface area contributed by atoms with Gasteiger partial charge < -0.3 is 10.1 Å². The van der Waals surface area contributed by atoms with Gasteiger partial charge in [0.25, 0.3) is 0 Å². The maximum Gasteiger partial charge on any atom is 0.141 e. The summed E-state index contributed by atoms with van der Waals surface area (Å²) in [6, 6.07) is 9.68. The van der Waals surface area contributed by atoms with Gasteiger partial charge in [-0.25, -0.2) is 4.98 Å². The zero-order valence-electron chi connectivity index (χ0n) is 8.47. The summed E-state index contributed by atoms with van der Waals surface area (Å²) in [5.41, 5.74) is 0. The van der Waals surface area contributed by atoms with Crippen LogP contribution in [0.1, 0.15) is 6.92 Å². The molecule has 0 spiro atoms. The van der Waals surface area contributed by atoms with Crippen LogP contribution in [0.2, 0.25) is 0 Å². The fourth-order valence-electron chi connectivity index (χ4n) is 1.48. The molecule has 0 aliphatic rings. The van der Waals surface area contributed by atoms with E-state index in [1.165, 1.54) is 0 Å². The number of anilines is 1. The molecule has 0 radical (unpaired) electrons. The topological polar surface area (TPSA) is 42.0 Å². The Balaban J connectivity index is 2.46. The van der Waals surface area contributed by atoms with E-state index < -0.39 is 0 Å². The van der Waals surface area contributed by atoms with E-state index in [2.05, 4.69) is 10.3 Å². The van der Waals surface area contributed by atoms with Crippen LogP contribution in [0, 0.1) is 0 Å². The molecular weight excluding hydrogens is 188 g/mol. The Bertz CT molecular complexity index is 477. The molecule has 2 aromatic rings. The molecule has 2 rings (SSSR count). The lowest BCUT2D eigenvalue weighted by Crippen LogP contribution is -2.17. The van der Waals surface area contributed by atoms with Gasteiger partial charge in [-0.15, -0.1) is 0 Å². The van der Waals surface area contributed by atoms with Gasteiger partial charge in [-0.3, -0.25) is 0 Å². The Kier molecular flexibility index (Phi) is 2.63. The molecule has 3 heteroatoms. The molecule has 0 bridgehead atoms. The molecule has 0 aliphatic heterocycles. The molecule has 0 unspecified atom stereocenters. The summed E-state index contributed by atoms with van der Waals surface area (Å²) < 4.78 is 0. The predicted molar refractivity (Wildman–Crippen MR) is 60.9 cm³/mol. The molecule has 1 N–H and O–H groups in total. The van der Waals surface area contributed by atoms with Crippen LogP contribution in [0.3, 0.4) is 0 Å². The first kappa shape index (κ1) is 9.65. The SMILES string of the molecule is C[C@H](C=O)Nc1nccc2ccccc12. The average molecular weight is 200 g/mol. The molecule has 3 nitrogen and oxygen atoms in total. The van der Waals surface area contributed by atoms with Gasteiger partial charge >= 0.3 is 0 Å². The number of aromatic nitrogens is 1. The van der Waals surface area contributed by atoms with Crippen LogP contribution in [0.25, 0.3) is 10.8 Å². The van der Waals surface area contributed by atoms with Crippen molar-refractivity contribution < 1.29 is 4.79 Å². The fraction of sp³-hybridized carbons (Fsp3) is 0.167. The molecule has 1 heterocycles. The average Bonchev–Trinajstić information content (AvgIpc) is 2.29. The van der Waals surface area contributed by atoms with Gasteiger partial charge in [0.05, 0.1) is 6.04 Å². The monoisotopic (exact) mass is 200 g/mol. The fourth-order valence-corrected chi connectivity index (χ4v) is 1.48. The second-order valence-electron chi connectivity index (χ2n) is 3.45. The summed E-state index contributed by atoms with van der Waals surface area (Å²) in [4.78, 5) is 14.8. The number of fused-ring (bicyclic) bond motifs is 1. The molecule has 1 atom stereocenters. The first-order chi connectivity index (χ1) is 7.31. The number of pyridine rings is 1. The van der Waals surface area contributed by atoms with Crippen molar-refractivity contribution >= 4 is 22.9 Å². The van der Waals surface area contributed by atoms with E-state index in [-0.39, 0.29) is 6.04 Å². The lowest BCUT2D eigenvalue weighted by Gasteiger charge is -2.10. The van der Waals surface area contributed by atoms with Crippen LogP contribution in [-0.2, 0) is 4.79 Å². The molecule has 1 aromatic heterocycles. The Labute approximate surface area is 88.1 Å². The van der Waals surface area contributed by atoms with Crippen molar-refractivity contribution in [3.8, 4) is 0 Å². The summed E-state index contributed by atoms with van der Waals surface area (Å²) in [5.74, 6) is 0.757. The van der Waals surface area contributed by atoms with Crippen LogP contribution in [0.15, 0.2) is 36.5 Å². The quantitative estimate of drug-likeness (QED) is 0.772. The number of nitrogens with zero attached hydrogens (tertiary/aromatic N) is 1. The minimum absolute atomic E-state index is 0.219. The molecule has 0 amide bonds. The zero-order chi connectivity index (χ0) is 10.7. The summed E-state index contributed by atoms with van der Waals surface area (Å²) >= 11 is 0. The van der Waals surface area contributed by atoms with Crippen LogP contribution < -0.4 is 5.32 Å². The second kappa shape index (κ2) is 4.09. The largest absolute Gasteiger partial charge is 0.360 e. The number of carbonyl (C=O) groups excluding carboxylic acids is 1. The van der Waals surface area contributed by atoms with Gasteiger partial charge in [-0.05, 0) is 18.4 Å². The minimum atomic E-state index is -0.219. The van der Waals surface area contributed by atoms with Crippen molar-refractivity contribution in [1.29, 1.82) is 0 Å². The Hall–Kier alpha value is -1.90. The summed E-state index contributed by atoms with van der Waals surface area (Å²) in [7, 11) is 0.